The fourth-order valence-electron chi connectivity index (χ4n) is 5.06. The highest BCUT2D eigenvalue weighted by molar-refractivity contribution is 7.45. The quantitative estimate of drug-likeness (QED) is 0.0298. The standard InChI is InChI=1S/C40H75N2O6P/c1-6-8-10-12-14-16-18-20-22-23-25-27-29-31-33-39(43)38(37-48-49(45,46)47-36-35-42(3,4)5)41-40(44)34-32-30-28-26-24-21-19-17-15-13-11-9-7-2/h16,18,21,23-25,31,33,38-39,43H,6-15,17,19-20,22,26-30,32,34-37H2,1-5H3,(H-,41,44,45,46)/b18-16+,24-21-,25-23+,33-31+. The van der Waals surface area contributed by atoms with E-state index in [2.05, 4.69) is 55.6 Å². The molecule has 0 spiro atoms. The van der Waals surface area contributed by atoms with E-state index in [4.69, 9.17) is 9.05 Å². The summed E-state index contributed by atoms with van der Waals surface area (Å²) in [5.74, 6) is -0.232. The lowest BCUT2D eigenvalue weighted by Crippen LogP contribution is -2.45. The largest absolute Gasteiger partial charge is 0.756 e. The Morgan fingerprint density at radius 2 is 1.14 bits per heavy atom. The first kappa shape index (κ1) is 47.5. The van der Waals surface area contributed by atoms with Crippen LogP contribution < -0.4 is 10.2 Å². The lowest BCUT2D eigenvalue weighted by atomic mass is 10.1. The van der Waals surface area contributed by atoms with E-state index in [1.807, 2.05) is 27.2 Å². The second-order valence-electron chi connectivity index (χ2n) is 14.3. The van der Waals surface area contributed by atoms with Crippen molar-refractivity contribution in [3.63, 3.8) is 0 Å². The van der Waals surface area contributed by atoms with Gasteiger partial charge in [0.15, 0.2) is 0 Å². The first-order valence-electron chi connectivity index (χ1n) is 19.5. The number of hydrogen-bond acceptors (Lipinski definition) is 6. The zero-order valence-electron chi connectivity index (χ0n) is 32.1. The SMILES string of the molecule is CCCCCC/C=C/CC/C=C/CC/C=C/C(O)C(COP(=O)([O-])OCC[N+](C)(C)C)NC(=O)CCCCC/C=C\CCCCCCCC. The van der Waals surface area contributed by atoms with Gasteiger partial charge in [0.2, 0.25) is 5.91 Å². The van der Waals surface area contributed by atoms with Crippen LogP contribution in [-0.2, 0) is 18.4 Å². The Bertz CT molecular complexity index is 944. The molecule has 3 atom stereocenters. The van der Waals surface area contributed by atoms with Gasteiger partial charge in [0.25, 0.3) is 7.82 Å². The number of nitrogens with one attached hydrogen (secondary N) is 1. The molecular formula is C40H75N2O6P. The van der Waals surface area contributed by atoms with Crippen LogP contribution in [0.1, 0.15) is 149 Å². The van der Waals surface area contributed by atoms with Crippen LogP contribution in [-0.4, -0.2) is 68.5 Å². The summed E-state index contributed by atoms with van der Waals surface area (Å²) >= 11 is 0. The van der Waals surface area contributed by atoms with Crippen molar-refractivity contribution in [2.45, 2.75) is 161 Å². The van der Waals surface area contributed by atoms with Crippen molar-refractivity contribution in [1.82, 2.24) is 5.32 Å². The van der Waals surface area contributed by atoms with Crippen molar-refractivity contribution in [3.05, 3.63) is 48.6 Å². The maximum atomic E-state index is 12.8. The van der Waals surface area contributed by atoms with Gasteiger partial charge < -0.3 is 28.8 Å². The maximum absolute atomic E-state index is 12.8. The van der Waals surface area contributed by atoms with Crippen molar-refractivity contribution in [2.75, 3.05) is 40.9 Å². The average Bonchev–Trinajstić information content (AvgIpc) is 3.04. The third-order valence-electron chi connectivity index (χ3n) is 8.24. The number of aliphatic hydroxyl groups is 1. The molecule has 2 N–H and O–H groups in total. The lowest BCUT2D eigenvalue weighted by Gasteiger charge is -2.29. The molecule has 1 amide bonds. The Kier molecular flexibility index (Phi) is 31.4. The molecule has 9 heteroatoms. The number of rotatable bonds is 34. The Hall–Kier alpha value is -1.54. The summed E-state index contributed by atoms with van der Waals surface area (Å²) in [7, 11) is 1.22. The van der Waals surface area contributed by atoms with Crippen molar-refractivity contribution < 1.29 is 32.9 Å². The molecule has 0 aromatic rings. The van der Waals surface area contributed by atoms with E-state index in [-0.39, 0.29) is 12.5 Å². The van der Waals surface area contributed by atoms with Crippen molar-refractivity contribution in [2.24, 2.45) is 0 Å². The van der Waals surface area contributed by atoms with E-state index in [1.54, 1.807) is 6.08 Å². The third-order valence-corrected chi connectivity index (χ3v) is 9.20. The lowest BCUT2D eigenvalue weighted by molar-refractivity contribution is -0.870. The molecule has 286 valence electrons. The van der Waals surface area contributed by atoms with Gasteiger partial charge in [-0.2, -0.15) is 0 Å². The summed E-state index contributed by atoms with van der Waals surface area (Å²) in [6.45, 7) is 4.54. The van der Waals surface area contributed by atoms with E-state index in [9.17, 15) is 19.4 Å². The van der Waals surface area contributed by atoms with Gasteiger partial charge >= 0.3 is 0 Å². The Morgan fingerprint density at radius 1 is 0.694 bits per heavy atom. The zero-order chi connectivity index (χ0) is 36.5. The number of aliphatic hydroxyl groups excluding tert-OH is 1. The van der Waals surface area contributed by atoms with E-state index in [1.165, 1.54) is 64.2 Å². The van der Waals surface area contributed by atoms with Crippen molar-refractivity contribution >= 4 is 13.7 Å². The van der Waals surface area contributed by atoms with Crippen molar-refractivity contribution in [1.29, 1.82) is 0 Å². The number of phosphoric acid groups is 1. The van der Waals surface area contributed by atoms with Gasteiger partial charge in [0.1, 0.15) is 13.2 Å². The summed E-state index contributed by atoms with van der Waals surface area (Å²) in [6, 6.07) is -0.915. The van der Waals surface area contributed by atoms with Crippen LogP contribution >= 0.6 is 7.82 Å². The van der Waals surface area contributed by atoms with Crippen molar-refractivity contribution in [3.8, 4) is 0 Å². The number of carbonyl (C=O) groups is 1. The average molecular weight is 711 g/mol. The molecule has 0 radical (unpaired) electrons. The summed E-state index contributed by atoms with van der Waals surface area (Å²) in [4.78, 5) is 25.1. The summed E-state index contributed by atoms with van der Waals surface area (Å²) < 4.78 is 23.1. The number of quaternary nitrogens is 1. The number of unbranched alkanes of at least 4 members (excludes halogenated alkanes) is 15. The molecule has 49 heavy (non-hydrogen) atoms. The van der Waals surface area contributed by atoms with Gasteiger partial charge in [0, 0.05) is 6.42 Å². The third kappa shape index (κ3) is 34.7. The first-order valence-corrected chi connectivity index (χ1v) is 21.0. The highest BCUT2D eigenvalue weighted by atomic mass is 31.2. The van der Waals surface area contributed by atoms with Crippen LogP contribution in [0.25, 0.3) is 0 Å². The fourth-order valence-corrected chi connectivity index (χ4v) is 5.78. The Labute approximate surface area is 301 Å². The van der Waals surface area contributed by atoms with Crippen LogP contribution in [0.15, 0.2) is 48.6 Å². The number of nitrogens with zero attached hydrogens (tertiary/aromatic N) is 1. The minimum Gasteiger partial charge on any atom is -0.756 e. The minimum atomic E-state index is -4.60. The molecule has 0 saturated heterocycles. The van der Waals surface area contributed by atoms with Crippen LogP contribution in [0.2, 0.25) is 0 Å². The molecule has 0 aliphatic heterocycles. The number of carbonyl (C=O) groups excluding carboxylic acids is 1. The van der Waals surface area contributed by atoms with Crippen LogP contribution in [0.4, 0.5) is 0 Å². The molecule has 0 heterocycles. The minimum absolute atomic E-state index is 0.0130. The van der Waals surface area contributed by atoms with Gasteiger partial charge in [-0.05, 0) is 70.6 Å². The molecular weight excluding hydrogens is 635 g/mol. The van der Waals surface area contributed by atoms with E-state index in [0.717, 1.165) is 64.2 Å². The van der Waals surface area contributed by atoms with Crippen LogP contribution in [0.5, 0.6) is 0 Å². The second kappa shape index (κ2) is 32.4. The Morgan fingerprint density at radius 3 is 1.67 bits per heavy atom. The van der Waals surface area contributed by atoms with E-state index in [0.29, 0.717) is 17.4 Å². The van der Waals surface area contributed by atoms with Gasteiger partial charge in [-0.25, -0.2) is 0 Å². The fraction of sp³-hybridized carbons (Fsp3) is 0.775. The summed E-state index contributed by atoms with van der Waals surface area (Å²) in [6.07, 6.45) is 38.7. The number of hydrogen-bond donors (Lipinski definition) is 2. The predicted octanol–water partition coefficient (Wildman–Crippen LogP) is 9.50. The van der Waals surface area contributed by atoms with Crippen LogP contribution in [0.3, 0.4) is 0 Å². The van der Waals surface area contributed by atoms with E-state index >= 15 is 0 Å². The zero-order valence-corrected chi connectivity index (χ0v) is 33.0. The highest BCUT2D eigenvalue weighted by Gasteiger charge is 2.23. The highest BCUT2D eigenvalue weighted by Crippen LogP contribution is 2.38. The van der Waals surface area contributed by atoms with Gasteiger partial charge in [0.05, 0.1) is 39.9 Å². The number of phosphoric ester groups is 1. The normalized spacial score (nSPS) is 15.2. The molecule has 0 bridgehead atoms. The molecule has 0 aliphatic rings. The predicted molar refractivity (Wildman–Crippen MR) is 205 cm³/mol. The van der Waals surface area contributed by atoms with Crippen LogP contribution in [0, 0.1) is 0 Å². The molecule has 0 fully saturated rings. The second-order valence-corrected chi connectivity index (χ2v) is 15.7. The molecule has 0 aromatic carbocycles. The summed E-state index contributed by atoms with van der Waals surface area (Å²) in [5, 5.41) is 13.7. The molecule has 0 rings (SSSR count). The summed E-state index contributed by atoms with van der Waals surface area (Å²) in [5.41, 5.74) is 0. The molecule has 3 unspecified atom stereocenters. The number of amides is 1. The number of likely N-dealkylation sites (N-methyl/N-ethyl adjacent to an activating group) is 1. The monoisotopic (exact) mass is 711 g/mol. The molecule has 8 nitrogen and oxygen atoms in total. The van der Waals surface area contributed by atoms with Gasteiger partial charge in [-0.3, -0.25) is 9.36 Å². The Balaban J connectivity index is 4.65. The smallest absolute Gasteiger partial charge is 0.268 e. The number of allylic oxidation sites excluding steroid dienone is 7. The van der Waals surface area contributed by atoms with Gasteiger partial charge in [-0.1, -0.05) is 120 Å². The molecule has 0 aromatic heterocycles. The first-order chi connectivity index (χ1) is 23.5. The molecule has 0 saturated carbocycles. The molecule has 0 aliphatic carbocycles. The topological polar surface area (TPSA) is 108 Å². The van der Waals surface area contributed by atoms with E-state index < -0.39 is 26.6 Å². The van der Waals surface area contributed by atoms with Gasteiger partial charge in [-0.15, -0.1) is 0 Å². The maximum Gasteiger partial charge on any atom is 0.268 e.